The molecule has 2 aliphatic rings. The fourth-order valence-corrected chi connectivity index (χ4v) is 4.64. The molecule has 0 spiro atoms. The summed E-state index contributed by atoms with van der Waals surface area (Å²) in [5.74, 6) is 1.59. The third kappa shape index (κ3) is 5.02. The Kier molecular flexibility index (Phi) is 5.94. The lowest BCUT2D eigenvalue weighted by atomic mass is 9.94. The molecule has 8 heteroatoms. The van der Waals surface area contributed by atoms with E-state index in [9.17, 15) is 9.18 Å². The minimum Gasteiger partial charge on any atom is -0.487 e. The van der Waals surface area contributed by atoms with Crippen LogP contribution in [0.1, 0.15) is 59.1 Å². The average Bonchev–Trinajstić information content (AvgIpc) is 3.33. The second-order valence-electron chi connectivity index (χ2n) is 10.1. The molecule has 0 amide bonds. The van der Waals surface area contributed by atoms with E-state index in [2.05, 4.69) is 10.3 Å². The van der Waals surface area contributed by atoms with Gasteiger partial charge in [0.25, 0.3) is 0 Å². The van der Waals surface area contributed by atoms with Gasteiger partial charge >= 0.3 is 0 Å². The van der Waals surface area contributed by atoms with E-state index in [1.54, 1.807) is 35.1 Å². The molecular formula is C30H26FN3O4. The molecule has 192 valence electrons. The van der Waals surface area contributed by atoms with Gasteiger partial charge in [-0.05, 0) is 67.4 Å². The summed E-state index contributed by atoms with van der Waals surface area (Å²) in [4.78, 5) is 12.9. The molecule has 0 radical (unpaired) electrons. The monoisotopic (exact) mass is 511 g/mol. The van der Waals surface area contributed by atoms with Crippen LogP contribution in [-0.2, 0) is 13.2 Å². The Morgan fingerprint density at radius 2 is 2.00 bits per heavy atom. The first kappa shape index (κ1) is 23.9. The lowest BCUT2D eigenvalue weighted by Crippen LogP contribution is -2.27. The molecule has 0 N–H and O–H groups in total. The number of fused-ring (bicyclic) bond motifs is 2. The highest BCUT2D eigenvalue weighted by Crippen LogP contribution is 2.39. The summed E-state index contributed by atoms with van der Waals surface area (Å²) in [5, 5.41) is 8.24. The van der Waals surface area contributed by atoms with Gasteiger partial charge in [0.05, 0.1) is 24.7 Å². The zero-order chi connectivity index (χ0) is 26.3. The van der Waals surface area contributed by atoms with Crippen LogP contribution in [0.25, 0.3) is 6.08 Å². The van der Waals surface area contributed by atoms with Crippen LogP contribution in [0, 0.1) is 5.82 Å². The van der Waals surface area contributed by atoms with E-state index in [-0.39, 0.29) is 30.2 Å². The first-order chi connectivity index (χ1) is 18.3. The van der Waals surface area contributed by atoms with Crippen LogP contribution in [0.2, 0.25) is 0 Å². The third-order valence-electron chi connectivity index (χ3n) is 6.54. The van der Waals surface area contributed by atoms with Gasteiger partial charge < -0.3 is 14.2 Å². The summed E-state index contributed by atoms with van der Waals surface area (Å²) in [6.07, 6.45) is 5.68. The number of ether oxygens (including phenoxy) is 3. The molecule has 0 bridgehead atoms. The smallest absolute Gasteiger partial charge is 0.170 e. The van der Waals surface area contributed by atoms with Gasteiger partial charge in [-0.2, -0.15) is 0 Å². The second-order valence-corrected chi connectivity index (χ2v) is 10.1. The van der Waals surface area contributed by atoms with Crippen molar-refractivity contribution in [1.29, 1.82) is 0 Å². The number of hydrogen-bond acceptors (Lipinski definition) is 6. The van der Waals surface area contributed by atoms with Gasteiger partial charge in [0.1, 0.15) is 47.1 Å². The minimum atomic E-state index is -0.401. The summed E-state index contributed by atoms with van der Waals surface area (Å²) in [6, 6.07) is 17.5. The normalized spacial score (nSPS) is 17.2. The van der Waals surface area contributed by atoms with Gasteiger partial charge in [0.2, 0.25) is 0 Å². The lowest BCUT2D eigenvalue weighted by Gasteiger charge is -2.30. The Labute approximate surface area is 219 Å². The van der Waals surface area contributed by atoms with Crippen LogP contribution in [0.15, 0.2) is 72.9 Å². The van der Waals surface area contributed by atoms with Gasteiger partial charge in [-0.25, -0.2) is 9.07 Å². The predicted molar refractivity (Wildman–Crippen MR) is 139 cm³/mol. The molecule has 0 fully saturated rings. The van der Waals surface area contributed by atoms with E-state index in [4.69, 9.17) is 14.2 Å². The highest BCUT2D eigenvalue weighted by Gasteiger charge is 2.29. The van der Waals surface area contributed by atoms with Crippen molar-refractivity contribution < 1.29 is 23.4 Å². The molecule has 3 aromatic carbocycles. The third-order valence-corrected chi connectivity index (χ3v) is 6.54. The SMILES string of the molecule is CC1(C)C=Cc2cc(C3CC(=O)c4ccc(OCc5cn(Cc6cccc(F)c6)nn5)cc4O3)ccc2O1. The number of ketones is 1. The zero-order valence-corrected chi connectivity index (χ0v) is 21.1. The summed E-state index contributed by atoms with van der Waals surface area (Å²) in [5.41, 5.74) is 3.48. The Bertz CT molecular complexity index is 1560. The summed E-state index contributed by atoms with van der Waals surface area (Å²) in [7, 11) is 0. The van der Waals surface area contributed by atoms with Crippen LogP contribution in [0.4, 0.5) is 4.39 Å². The van der Waals surface area contributed by atoms with E-state index in [0.29, 0.717) is 29.3 Å². The Hall–Kier alpha value is -4.46. The molecule has 3 heterocycles. The van der Waals surface area contributed by atoms with Crippen LogP contribution >= 0.6 is 0 Å². The number of halogens is 1. The molecule has 4 aromatic rings. The van der Waals surface area contributed by atoms with Crippen LogP contribution in [-0.4, -0.2) is 26.4 Å². The molecule has 2 aliphatic heterocycles. The number of Topliss-reactive ketones (excluding diaryl/α,β-unsaturated/α-hetero) is 1. The van der Waals surface area contributed by atoms with Crippen molar-refractivity contribution in [2.75, 3.05) is 0 Å². The van der Waals surface area contributed by atoms with Crippen LogP contribution in [0.5, 0.6) is 17.2 Å². The molecule has 1 aromatic heterocycles. The largest absolute Gasteiger partial charge is 0.487 e. The molecule has 38 heavy (non-hydrogen) atoms. The van der Waals surface area contributed by atoms with Gasteiger partial charge in [0.15, 0.2) is 5.78 Å². The Morgan fingerprint density at radius 3 is 2.87 bits per heavy atom. The van der Waals surface area contributed by atoms with E-state index in [0.717, 1.165) is 22.4 Å². The fourth-order valence-electron chi connectivity index (χ4n) is 4.64. The van der Waals surface area contributed by atoms with E-state index in [1.165, 1.54) is 12.1 Å². The van der Waals surface area contributed by atoms with Crippen molar-refractivity contribution in [2.24, 2.45) is 0 Å². The number of carbonyl (C=O) groups excluding carboxylic acids is 1. The number of hydrogen-bond donors (Lipinski definition) is 0. The van der Waals surface area contributed by atoms with Crippen LogP contribution < -0.4 is 14.2 Å². The zero-order valence-electron chi connectivity index (χ0n) is 21.1. The second kappa shape index (κ2) is 9.45. The van der Waals surface area contributed by atoms with Crippen molar-refractivity contribution in [1.82, 2.24) is 15.0 Å². The first-order valence-electron chi connectivity index (χ1n) is 12.4. The molecule has 0 saturated carbocycles. The molecule has 7 nitrogen and oxygen atoms in total. The first-order valence-corrected chi connectivity index (χ1v) is 12.4. The maximum absolute atomic E-state index is 13.4. The van der Waals surface area contributed by atoms with Gasteiger partial charge in [0, 0.05) is 11.6 Å². The van der Waals surface area contributed by atoms with Crippen molar-refractivity contribution in [2.45, 2.75) is 45.1 Å². The standard InChI is InChI=1S/C30H26FN3O4/c1-30(2)11-10-21-13-20(6-9-27(21)38-30)28-15-26(35)25-8-7-24(14-29(25)37-28)36-18-23-17-34(33-32-23)16-19-4-3-5-22(31)12-19/h3-14,17,28H,15-16,18H2,1-2H3. The van der Waals surface area contributed by atoms with E-state index >= 15 is 0 Å². The van der Waals surface area contributed by atoms with Crippen LogP contribution in [0.3, 0.4) is 0 Å². The number of carbonyl (C=O) groups is 1. The van der Waals surface area contributed by atoms with Crippen molar-refractivity contribution >= 4 is 11.9 Å². The van der Waals surface area contributed by atoms with Crippen molar-refractivity contribution in [3.05, 3.63) is 107 Å². The predicted octanol–water partition coefficient (Wildman–Crippen LogP) is 5.94. The summed E-state index contributed by atoms with van der Waals surface area (Å²) in [6.45, 7) is 4.61. The van der Waals surface area contributed by atoms with Gasteiger partial charge in [-0.3, -0.25) is 4.79 Å². The number of nitrogens with zero attached hydrogens (tertiary/aromatic N) is 3. The summed E-state index contributed by atoms with van der Waals surface area (Å²) < 4.78 is 33.3. The summed E-state index contributed by atoms with van der Waals surface area (Å²) >= 11 is 0. The molecule has 6 rings (SSSR count). The number of aromatic nitrogens is 3. The van der Waals surface area contributed by atoms with Gasteiger partial charge in [-0.1, -0.05) is 29.5 Å². The molecule has 0 aliphatic carbocycles. The fraction of sp³-hybridized carbons (Fsp3) is 0.233. The molecular weight excluding hydrogens is 485 g/mol. The number of rotatable bonds is 6. The minimum absolute atomic E-state index is 0.0220. The lowest BCUT2D eigenvalue weighted by molar-refractivity contribution is 0.0849. The van der Waals surface area contributed by atoms with Gasteiger partial charge in [-0.15, -0.1) is 5.10 Å². The van der Waals surface area contributed by atoms with Crippen molar-refractivity contribution in [3.8, 4) is 17.2 Å². The maximum Gasteiger partial charge on any atom is 0.170 e. The highest BCUT2D eigenvalue weighted by molar-refractivity contribution is 6.00. The average molecular weight is 512 g/mol. The topological polar surface area (TPSA) is 75.5 Å². The Balaban J connectivity index is 1.14. The highest BCUT2D eigenvalue weighted by atomic mass is 19.1. The number of benzene rings is 3. The quantitative estimate of drug-likeness (QED) is 0.319. The van der Waals surface area contributed by atoms with E-state index < -0.39 is 6.10 Å². The molecule has 1 atom stereocenters. The maximum atomic E-state index is 13.4. The molecule has 0 saturated heterocycles. The Morgan fingerprint density at radius 1 is 1.11 bits per heavy atom. The van der Waals surface area contributed by atoms with Crippen molar-refractivity contribution in [3.63, 3.8) is 0 Å². The van der Waals surface area contributed by atoms with E-state index in [1.807, 2.05) is 50.3 Å². The molecule has 1 unspecified atom stereocenters.